The van der Waals surface area contributed by atoms with Gasteiger partial charge in [0.1, 0.15) is 5.70 Å². The molecule has 0 atom stereocenters. The minimum Gasteiger partial charge on any atom is -0.322 e. The van der Waals surface area contributed by atoms with Crippen LogP contribution in [0, 0.1) is 10.1 Å². The van der Waals surface area contributed by atoms with Crippen LogP contribution in [0.15, 0.2) is 54.2 Å². The molecule has 0 saturated carbocycles. The van der Waals surface area contributed by atoms with E-state index in [-0.39, 0.29) is 11.4 Å². The summed E-state index contributed by atoms with van der Waals surface area (Å²) in [5.74, 6) is -1.01. The molecular formula is C17H14ClN3O4. The first kappa shape index (κ1) is 18.2. The number of carbonyl (C=O) groups excluding carboxylic acids is 2. The van der Waals surface area contributed by atoms with Crippen LogP contribution in [0.3, 0.4) is 0 Å². The van der Waals surface area contributed by atoms with Gasteiger partial charge in [0.2, 0.25) is 5.91 Å². The van der Waals surface area contributed by atoms with Crippen LogP contribution in [0.1, 0.15) is 12.5 Å². The van der Waals surface area contributed by atoms with Gasteiger partial charge < -0.3 is 10.6 Å². The van der Waals surface area contributed by atoms with Crippen LogP contribution in [0.2, 0.25) is 5.02 Å². The summed E-state index contributed by atoms with van der Waals surface area (Å²) in [5, 5.41) is 16.4. The minimum absolute atomic E-state index is 0.0389. The van der Waals surface area contributed by atoms with Gasteiger partial charge in [-0.3, -0.25) is 19.7 Å². The molecule has 0 saturated heterocycles. The fraction of sp³-hybridized carbons (Fsp3) is 0.0588. The lowest BCUT2D eigenvalue weighted by molar-refractivity contribution is -0.384. The Bertz CT molecular complexity index is 847. The second-order valence-corrected chi connectivity index (χ2v) is 5.49. The molecule has 2 rings (SSSR count). The third-order valence-electron chi connectivity index (χ3n) is 3.05. The van der Waals surface area contributed by atoms with Crippen LogP contribution >= 0.6 is 11.6 Å². The summed E-state index contributed by atoms with van der Waals surface area (Å²) < 4.78 is 0. The molecule has 0 fully saturated rings. The number of nitrogens with one attached hydrogen (secondary N) is 2. The van der Waals surface area contributed by atoms with E-state index in [1.807, 2.05) is 0 Å². The number of hydrogen-bond donors (Lipinski definition) is 2. The van der Waals surface area contributed by atoms with Crippen molar-refractivity contribution in [1.82, 2.24) is 5.32 Å². The van der Waals surface area contributed by atoms with E-state index in [0.29, 0.717) is 16.3 Å². The molecule has 0 bridgehead atoms. The van der Waals surface area contributed by atoms with Crippen molar-refractivity contribution in [2.24, 2.45) is 0 Å². The van der Waals surface area contributed by atoms with Gasteiger partial charge in [0.05, 0.1) is 4.92 Å². The van der Waals surface area contributed by atoms with Gasteiger partial charge in [-0.1, -0.05) is 23.7 Å². The highest BCUT2D eigenvalue weighted by Crippen LogP contribution is 2.17. The molecule has 0 aliphatic carbocycles. The van der Waals surface area contributed by atoms with E-state index in [0.717, 1.165) is 0 Å². The summed E-state index contributed by atoms with van der Waals surface area (Å²) in [4.78, 5) is 34.1. The maximum atomic E-state index is 12.4. The molecule has 0 unspecified atom stereocenters. The zero-order valence-corrected chi connectivity index (χ0v) is 13.9. The van der Waals surface area contributed by atoms with Crippen molar-refractivity contribution >= 4 is 40.9 Å². The molecule has 0 aromatic heterocycles. The Balaban J connectivity index is 2.29. The highest BCUT2D eigenvalue weighted by atomic mass is 35.5. The number of nitro benzene ring substituents is 1. The second-order valence-electron chi connectivity index (χ2n) is 5.05. The van der Waals surface area contributed by atoms with E-state index < -0.39 is 16.7 Å². The van der Waals surface area contributed by atoms with Gasteiger partial charge in [0.15, 0.2) is 0 Å². The van der Waals surface area contributed by atoms with Crippen molar-refractivity contribution in [3.05, 3.63) is 74.9 Å². The lowest BCUT2D eigenvalue weighted by Gasteiger charge is -2.10. The number of carbonyl (C=O) groups is 2. The zero-order valence-electron chi connectivity index (χ0n) is 13.2. The SMILES string of the molecule is CC(=O)N/C(=C/c1cccc([N+](=O)[O-])c1)C(=O)Nc1ccc(Cl)cc1. The molecule has 7 nitrogen and oxygen atoms in total. The fourth-order valence-corrected chi connectivity index (χ4v) is 2.10. The summed E-state index contributed by atoms with van der Waals surface area (Å²) in [6.45, 7) is 1.26. The highest BCUT2D eigenvalue weighted by molar-refractivity contribution is 6.30. The molecule has 2 aromatic carbocycles. The Hall–Kier alpha value is -3.19. The highest BCUT2D eigenvalue weighted by Gasteiger charge is 2.13. The van der Waals surface area contributed by atoms with E-state index >= 15 is 0 Å². The number of nitrogens with zero attached hydrogens (tertiary/aromatic N) is 1. The number of non-ortho nitro benzene ring substituents is 1. The molecule has 2 aromatic rings. The van der Waals surface area contributed by atoms with Gasteiger partial charge in [-0.2, -0.15) is 0 Å². The molecule has 0 radical (unpaired) electrons. The summed E-state index contributed by atoms with van der Waals surface area (Å²) in [5.41, 5.74) is 0.742. The van der Waals surface area contributed by atoms with E-state index in [2.05, 4.69) is 10.6 Å². The molecule has 25 heavy (non-hydrogen) atoms. The Morgan fingerprint density at radius 1 is 1.16 bits per heavy atom. The zero-order chi connectivity index (χ0) is 18.4. The largest absolute Gasteiger partial charge is 0.322 e. The summed E-state index contributed by atoms with van der Waals surface area (Å²) in [6, 6.07) is 12.2. The van der Waals surface area contributed by atoms with Crippen molar-refractivity contribution in [2.75, 3.05) is 5.32 Å². The van der Waals surface area contributed by atoms with Gasteiger partial charge in [-0.15, -0.1) is 0 Å². The smallest absolute Gasteiger partial charge is 0.272 e. The number of benzene rings is 2. The molecule has 2 amide bonds. The fourth-order valence-electron chi connectivity index (χ4n) is 1.97. The lowest BCUT2D eigenvalue weighted by Crippen LogP contribution is -2.28. The maximum Gasteiger partial charge on any atom is 0.272 e. The number of halogens is 1. The number of anilines is 1. The van der Waals surface area contributed by atoms with Gasteiger partial charge in [-0.25, -0.2) is 0 Å². The third-order valence-corrected chi connectivity index (χ3v) is 3.30. The quantitative estimate of drug-likeness (QED) is 0.485. The van der Waals surface area contributed by atoms with Crippen LogP contribution in [-0.2, 0) is 9.59 Å². The summed E-state index contributed by atoms with van der Waals surface area (Å²) in [7, 11) is 0. The molecule has 2 N–H and O–H groups in total. The van der Waals surface area contributed by atoms with Crippen molar-refractivity contribution in [3.8, 4) is 0 Å². The van der Waals surface area contributed by atoms with Crippen molar-refractivity contribution in [3.63, 3.8) is 0 Å². The topological polar surface area (TPSA) is 101 Å². The average Bonchev–Trinajstić information content (AvgIpc) is 2.56. The van der Waals surface area contributed by atoms with Crippen LogP contribution in [0.5, 0.6) is 0 Å². The minimum atomic E-state index is -0.566. The van der Waals surface area contributed by atoms with Crippen LogP contribution < -0.4 is 10.6 Å². The first-order chi connectivity index (χ1) is 11.8. The maximum absolute atomic E-state index is 12.4. The van der Waals surface area contributed by atoms with E-state index in [4.69, 9.17) is 11.6 Å². The lowest BCUT2D eigenvalue weighted by atomic mass is 10.1. The number of hydrogen-bond acceptors (Lipinski definition) is 4. The second kappa shape index (κ2) is 8.07. The molecule has 128 valence electrons. The first-order valence-electron chi connectivity index (χ1n) is 7.16. The van der Waals surface area contributed by atoms with Crippen LogP contribution in [0.25, 0.3) is 6.08 Å². The monoisotopic (exact) mass is 359 g/mol. The van der Waals surface area contributed by atoms with Crippen molar-refractivity contribution < 1.29 is 14.5 Å². The molecule has 8 heteroatoms. The molecular weight excluding hydrogens is 346 g/mol. The van der Waals surface area contributed by atoms with Crippen molar-refractivity contribution in [1.29, 1.82) is 0 Å². The van der Waals surface area contributed by atoms with Crippen molar-refractivity contribution in [2.45, 2.75) is 6.92 Å². The van der Waals surface area contributed by atoms with E-state index in [1.54, 1.807) is 30.3 Å². The molecule has 0 aliphatic heterocycles. The Kier molecular flexibility index (Phi) is 5.86. The Morgan fingerprint density at radius 2 is 1.84 bits per heavy atom. The number of amides is 2. The predicted octanol–water partition coefficient (Wildman–Crippen LogP) is 3.36. The predicted molar refractivity (Wildman–Crippen MR) is 95.0 cm³/mol. The third kappa shape index (κ3) is 5.43. The first-order valence-corrected chi connectivity index (χ1v) is 7.53. The molecule has 0 aliphatic rings. The van der Waals surface area contributed by atoms with Gasteiger partial charge in [0, 0.05) is 29.8 Å². The van der Waals surface area contributed by atoms with Crippen LogP contribution in [0.4, 0.5) is 11.4 Å². The van der Waals surface area contributed by atoms with Gasteiger partial charge in [0.25, 0.3) is 11.6 Å². The van der Waals surface area contributed by atoms with Crippen LogP contribution in [-0.4, -0.2) is 16.7 Å². The van der Waals surface area contributed by atoms with Gasteiger partial charge >= 0.3 is 0 Å². The summed E-state index contributed by atoms with van der Waals surface area (Å²) in [6.07, 6.45) is 1.36. The van der Waals surface area contributed by atoms with Gasteiger partial charge in [-0.05, 0) is 35.9 Å². The Morgan fingerprint density at radius 3 is 2.44 bits per heavy atom. The van der Waals surface area contributed by atoms with E-state index in [9.17, 15) is 19.7 Å². The van der Waals surface area contributed by atoms with E-state index in [1.165, 1.54) is 31.2 Å². The Labute approximate surface area is 148 Å². The number of nitro groups is 1. The number of rotatable bonds is 5. The molecule has 0 heterocycles. The molecule has 0 spiro atoms. The summed E-state index contributed by atoms with van der Waals surface area (Å²) >= 11 is 5.79. The average molecular weight is 360 g/mol. The standard InChI is InChI=1S/C17H14ClN3O4/c1-11(22)19-16(10-12-3-2-4-15(9-12)21(24)25)17(23)20-14-7-5-13(18)6-8-14/h2-10H,1H3,(H,19,22)(H,20,23)/b16-10+. The normalized spacial score (nSPS) is 10.9.